The third-order valence-electron chi connectivity index (χ3n) is 3.86. The lowest BCUT2D eigenvalue weighted by molar-refractivity contribution is -0.119. The van der Waals surface area contributed by atoms with Gasteiger partial charge in [-0.15, -0.1) is 0 Å². The summed E-state index contributed by atoms with van der Waals surface area (Å²) in [5.74, 6) is 0.175. The van der Waals surface area contributed by atoms with Crippen LogP contribution in [0.1, 0.15) is 30.9 Å². The SMILES string of the molecule is NC(=O)CC1CCN(CC(O)c2cccc(Cl)c2)CC1. The second-order valence-electron chi connectivity index (χ2n) is 5.49. The standard InChI is InChI=1S/C15H21ClN2O2/c16-13-3-1-2-12(9-13)14(19)10-18-6-4-11(5-7-18)8-15(17)20/h1-3,9,11,14,19H,4-8,10H2,(H2,17,20). The van der Waals surface area contributed by atoms with E-state index in [9.17, 15) is 9.90 Å². The summed E-state index contributed by atoms with van der Waals surface area (Å²) in [6.45, 7) is 2.40. The molecule has 110 valence electrons. The minimum atomic E-state index is -0.526. The van der Waals surface area contributed by atoms with Crippen molar-refractivity contribution in [2.24, 2.45) is 11.7 Å². The average molecular weight is 297 g/mol. The van der Waals surface area contributed by atoms with Crippen LogP contribution in [0, 0.1) is 5.92 Å². The van der Waals surface area contributed by atoms with E-state index in [-0.39, 0.29) is 5.91 Å². The van der Waals surface area contributed by atoms with E-state index in [4.69, 9.17) is 17.3 Å². The first-order valence-corrected chi connectivity index (χ1v) is 7.36. The number of β-amino-alcohol motifs (C(OH)–C–C–N with tert-alkyl or cyclic N) is 1. The van der Waals surface area contributed by atoms with Gasteiger partial charge in [0.25, 0.3) is 0 Å². The van der Waals surface area contributed by atoms with Crippen LogP contribution in [-0.2, 0) is 4.79 Å². The molecular weight excluding hydrogens is 276 g/mol. The fourth-order valence-electron chi connectivity index (χ4n) is 2.72. The minimum Gasteiger partial charge on any atom is -0.387 e. The summed E-state index contributed by atoms with van der Waals surface area (Å²) in [4.78, 5) is 13.1. The van der Waals surface area contributed by atoms with Crippen molar-refractivity contribution in [3.63, 3.8) is 0 Å². The van der Waals surface area contributed by atoms with E-state index in [1.54, 1.807) is 12.1 Å². The lowest BCUT2D eigenvalue weighted by atomic mass is 9.93. The van der Waals surface area contributed by atoms with Crippen LogP contribution >= 0.6 is 11.6 Å². The van der Waals surface area contributed by atoms with Crippen LogP contribution < -0.4 is 5.73 Å². The maximum absolute atomic E-state index is 10.9. The van der Waals surface area contributed by atoms with E-state index in [1.165, 1.54) is 0 Å². The molecule has 1 amide bonds. The first-order valence-electron chi connectivity index (χ1n) is 6.99. The summed E-state index contributed by atoms with van der Waals surface area (Å²) in [5, 5.41) is 10.9. The molecule has 2 rings (SSSR count). The van der Waals surface area contributed by atoms with Crippen molar-refractivity contribution in [1.29, 1.82) is 0 Å². The molecule has 1 saturated heterocycles. The Hall–Kier alpha value is -1.10. The van der Waals surface area contributed by atoms with Crippen molar-refractivity contribution < 1.29 is 9.90 Å². The molecule has 1 aliphatic heterocycles. The molecule has 0 aliphatic carbocycles. The summed E-state index contributed by atoms with van der Waals surface area (Å²) in [5.41, 5.74) is 6.07. The quantitative estimate of drug-likeness (QED) is 0.873. The van der Waals surface area contributed by atoms with Crippen molar-refractivity contribution in [3.05, 3.63) is 34.9 Å². The molecule has 1 aliphatic rings. The predicted molar refractivity (Wildman–Crippen MR) is 79.4 cm³/mol. The van der Waals surface area contributed by atoms with Crippen LogP contribution in [0.5, 0.6) is 0 Å². The lowest BCUT2D eigenvalue weighted by Gasteiger charge is -2.32. The van der Waals surface area contributed by atoms with Crippen molar-refractivity contribution in [1.82, 2.24) is 4.90 Å². The fraction of sp³-hybridized carbons (Fsp3) is 0.533. The number of benzene rings is 1. The predicted octanol–water partition coefficient (Wildman–Crippen LogP) is 1.96. The number of halogens is 1. The second-order valence-corrected chi connectivity index (χ2v) is 5.92. The summed E-state index contributed by atoms with van der Waals surface area (Å²) < 4.78 is 0. The Morgan fingerprint density at radius 3 is 2.75 bits per heavy atom. The highest BCUT2D eigenvalue weighted by atomic mass is 35.5. The van der Waals surface area contributed by atoms with Crippen LogP contribution in [0.2, 0.25) is 5.02 Å². The Bertz CT molecular complexity index is 459. The van der Waals surface area contributed by atoms with Crippen LogP contribution in [-0.4, -0.2) is 35.5 Å². The van der Waals surface area contributed by atoms with Gasteiger partial charge >= 0.3 is 0 Å². The van der Waals surface area contributed by atoms with Gasteiger partial charge in [0.05, 0.1) is 6.10 Å². The third kappa shape index (κ3) is 4.47. The molecule has 4 nitrogen and oxygen atoms in total. The van der Waals surface area contributed by atoms with Crippen LogP contribution in [0.25, 0.3) is 0 Å². The number of carbonyl (C=O) groups excluding carboxylic acids is 1. The number of aliphatic hydroxyl groups excluding tert-OH is 1. The number of nitrogens with two attached hydrogens (primary N) is 1. The van der Waals surface area contributed by atoms with Gasteiger partial charge in [0.15, 0.2) is 0 Å². The van der Waals surface area contributed by atoms with Crippen molar-refractivity contribution >= 4 is 17.5 Å². The highest BCUT2D eigenvalue weighted by Crippen LogP contribution is 2.23. The third-order valence-corrected chi connectivity index (χ3v) is 4.10. The zero-order chi connectivity index (χ0) is 14.5. The first-order chi connectivity index (χ1) is 9.54. The average Bonchev–Trinajstić information content (AvgIpc) is 2.40. The minimum absolute atomic E-state index is 0.220. The molecule has 1 heterocycles. The van der Waals surface area contributed by atoms with Crippen molar-refractivity contribution in [2.75, 3.05) is 19.6 Å². The summed E-state index contributed by atoms with van der Waals surface area (Å²) >= 11 is 5.93. The highest BCUT2D eigenvalue weighted by Gasteiger charge is 2.22. The molecule has 0 bridgehead atoms. The molecule has 1 aromatic carbocycles. The van der Waals surface area contributed by atoms with Gasteiger partial charge < -0.3 is 15.7 Å². The lowest BCUT2D eigenvalue weighted by Crippen LogP contribution is -2.37. The Kier molecular flexibility index (Phi) is 5.40. The van der Waals surface area contributed by atoms with Gasteiger partial charge in [-0.3, -0.25) is 4.79 Å². The van der Waals surface area contributed by atoms with Crippen LogP contribution in [0.15, 0.2) is 24.3 Å². The molecule has 3 N–H and O–H groups in total. The van der Waals surface area contributed by atoms with Gasteiger partial charge in [0.1, 0.15) is 0 Å². The fourth-order valence-corrected chi connectivity index (χ4v) is 2.92. The molecule has 1 atom stereocenters. The molecule has 1 unspecified atom stereocenters. The zero-order valence-electron chi connectivity index (χ0n) is 11.5. The number of likely N-dealkylation sites (tertiary alicyclic amines) is 1. The normalized spacial score (nSPS) is 18.9. The molecule has 1 fully saturated rings. The molecule has 5 heteroatoms. The monoisotopic (exact) mass is 296 g/mol. The van der Waals surface area contributed by atoms with E-state index in [0.717, 1.165) is 31.5 Å². The Labute approximate surface area is 124 Å². The van der Waals surface area contributed by atoms with Gasteiger partial charge in [-0.2, -0.15) is 0 Å². The Morgan fingerprint density at radius 1 is 1.45 bits per heavy atom. The Morgan fingerprint density at radius 2 is 2.15 bits per heavy atom. The number of rotatable bonds is 5. The van der Waals surface area contributed by atoms with Gasteiger partial charge in [0, 0.05) is 18.0 Å². The number of piperidine rings is 1. The van der Waals surface area contributed by atoms with E-state index >= 15 is 0 Å². The zero-order valence-corrected chi connectivity index (χ0v) is 12.2. The molecular formula is C15H21ClN2O2. The van der Waals surface area contributed by atoms with E-state index in [1.807, 2.05) is 12.1 Å². The molecule has 20 heavy (non-hydrogen) atoms. The Balaban J connectivity index is 1.82. The number of carbonyl (C=O) groups is 1. The topological polar surface area (TPSA) is 66.6 Å². The van der Waals surface area contributed by atoms with E-state index in [2.05, 4.69) is 4.90 Å². The van der Waals surface area contributed by atoms with Crippen molar-refractivity contribution in [2.45, 2.75) is 25.4 Å². The number of primary amides is 1. The second kappa shape index (κ2) is 7.07. The van der Waals surface area contributed by atoms with E-state index < -0.39 is 6.10 Å². The van der Waals surface area contributed by atoms with Gasteiger partial charge in [0.2, 0.25) is 5.91 Å². The number of hydrogen-bond acceptors (Lipinski definition) is 3. The molecule has 0 spiro atoms. The maximum atomic E-state index is 10.9. The van der Waals surface area contributed by atoms with Gasteiger partial charge in [-0.1, -0.05) is 23.7 Å². The van der Waals surface area contributed by atoms with Crippen LogP contribution in [0.3, 0.4) is 0 Å². The molecule has 1 aromatic rings. The molecule has 0 aromatic heterocycles. The van der Waals surface area contributed by atoms with Gasteiger partial charge in [-0.25, -0.2) is 0 Å². The number of amides is 1. The molecule has 0 saturated carbocycles. The summed E-state index contributed by atoms with van der Waals surface area (Å²) in [7, 11) is 0. The first kappa shape index (κ1) is 15.3. The summed E-state index contributed by atoms with van der Waals surface area (Å²) in [6, 6.07) is 7.33. The molecule has 0 radical (unpaired) electrons. The largest absolute Gasteiger partial charge is 0.387 e. The van der Waals surface area contributed by atoms with Crippen molar-refractivity contribution in [3.8, 4) is 0 Å². The van der Waals surface area contributed by atoms with Crippen LogP contribution in [0.4, 0.5) is 0 Å². The maximum Gasteiger partial charge on any atom is 0.217 e. The number of hydrogen-bond donors (Lipinski definition) is 2. The summed E-state index contributed by atoms with van der Waals surface area (Å²) in [6.07, 6.45) is 1.88. The van der Waals surface area contributed by atoms with E-state index in [0.29, 0.717) is 23.9 Å². The number of aliphatic hydroxyl groups is 1. The highest BCUT2D eigenvalue weighted by molar-refractivity contribution is 6.30. The number of nitrogens with zero attached hydrogens (tertiary/aromatic N) is 1. The smallest absolute Gasteiger partial charge is 0.217 e. The van der Waals surface area contributed by atoms with Gasteiger partial charge in [-0.05, 0) is 49.5 Å².